The van der Waals surface area contributed by atoms with Crippen molar-refractivity contribution in [3.63, 3.8) is 0 Å². The Morgan fingerprint density at radius 1 is 0.977 bits per heavy atom. The van der Waals surface area contributed by atoms with E-state index >= 15 is 0 Å². The third-order valence-electron chi connectivity index (χ3n) is 13.0. The van der Waals surface area contributed by atoms with Crippen LogP contribution >= 0.6 is 0 Å². The maximum Gasteiger partial charge on any atom is 0.494 e. The summed E-state index contributed by atoms with van der Waals surface area (Å²) in [6.45, 7) is 14.3. The predicted octanol–water partition coefficient (Wildman–Crippen LogP) is 5.11. The monoisotopic (exact) mass is 606 g/mol. The van der Waals surface area contributed by atoms with Crippen LogP contribution in [0.25, 0.3) is 0 Å². The Labute approximate surface area is 263 Å². The number of ketones is 1. The van der Waals surface area contributed by atoms with Gasteiger partial charge in [-0.15, -0.1) is 0 Å². The van der Waals surface area contributed by atoms with E-state index in [1.54, 1.807) is 0 Å². The van der Waals surface area contributed by atoms with Gasteiger partial charge in [-0.3, -0.25) is 4.79 Å². The molecule has 0 bridgehead atoms. The molecule has 2 saturated heterocycles. The summed E-state index contributed by atoms with van der Waals surface area (Å²) in [6.07, 6.45) is 7.30. The van der Waals surface area contributed by atoms with E-state index in [2.05, 4.69) is 20.8 Å². The highest BCUT2D eigenvalue weighted by atomic mass is 16.8. The van der Waals surface area contributed by atoms with Crippen molar-refractivity contribution in [2.45, 2.75) is 141 Å². The molecular weight excluding hydrogens is 555 g/mol. The Hall–Kier alpha value is -1.55. The molecule has 4 aliphatic carbocycles. The van der Waals surface area contributed by atoms with Crippen LogP contribution in [0.1, 0.15) is 99.8 Å². The lowest BCUT2D eigenvalue weighted by atomic mass is 9.45. The van der Waals surface area contributed by atoms with Gasteiger partial charge in [-0.2, -0.15) is 0 Å². The average molecular weight is 607 g/mol. The molecule has 44 heavy (non-hydrogen) atoms. The smallest absolute Gasteiger partial charge is 0.402 e. The van der Waals surface area contributed by atoms with E-state index < -0.39 is 35.1 Å². The number of carbonyl (C=O) groups excluding carboxylic acids is 1. The Bertz CT molecular complexity index is 1340. The van der Waals surface area contributed by atoms with Gasteiger partial charge in [0.15, 0.2) is 11.6 Å². The molecule has 6 aliphatic rings. The molecule has 1 aromatic rings. The fourth-order valence-electron chi connectivity index (χ4n) is 10.8. The van der Waals surface area contributed by atoms with Gasteiger partial charge in [-0.1, -0.05) is 44.2 Å². The minimum Gasteiger partial charge on any atom is -0.402 e. The van der Waals surface area contributed by atoms with E-state index in [0.29, 0.717) is 25.7 Å². The van der Waals surface area contributed by atoms with Gasteiger partial charge in [0.2, 0.25) is 0 Å². The number of allylic oxidation sites excluding steroid dienone is 1. The quantitative estimate of drug-likeness (QED) is 0.450. The predicted molar refractivity (Wildman–Crippen MR) is 168 cm³/mol. The van der Waals surface area contributed by atoms with Crippen molar-refractivity contribution in [1.29, 1.82) is 0 Å². The molecule has 7 rings (SSSR count). The molecule has 3 saturated carbocycles. The summed E-state index contributed by atoms with van der Waals surface area (Å²) in [5.74, 6) is -0.510. The minimum atomic E-state index is -1.11. The first-order valence-electron chi connectivity index (χ1n) is 16.9. The maximum absolute atomic E-state index is 14.0. The van der Waals surface area contributed by atoms with Crippen molar-refractivity contribution in [3.8, 4) is 0 Å². The second-order valence-corrected chi connectivity index (χ2v) is 16.7. The van der Waals surface area contributed by atoms with Crippen molar-refractivity contribution in [3.05, 3.63) is 42.0 Å². The van der Waals surface area contributed by atoms with Crippen LogP contribution in [0.4, 0.5) is 0 Å². The Morgan fingerprint density at radius 3 is 2.39 bits per heavy atom. The number of hydrogen-bond acceptors (Lipinski definition) is 7. The molecule has 0 aromatic heterocycles. The fourth-order valence-corrected chi connectivity index (χ4v) is 10.8. The number of carbonyl (C=O) groups is 1. The fraction of sp³-hybridized carbons (Fsp3) is 0.750. The molecule has 8 heteroatoms. The van der Waals surface area contributed by atoms with Crippen molar-refractivity contribution >= 4 is 18.4 Å². The van der Waals surface area contributed by atoms with E-state index in [1.165, 1.54) is 0 Å². The highest BCUT2D eigenvalue weighted by Crippen LogP contribution is 2.70. The van der Waals surface area contributed by atoms with E-state index in [-0.39, 0.29) is 47.3 Å². The molecule has 2 heterocycles. The van der Waals surface area contributed by atoms with Gasteiger partial charge >= 0.3 is 7.12 Å². The summed E-state index contributed by atoms with van der Waals surface area (Å²) in [7, 11) is -0.509. The Balaban J connectivity index is 1.22. The minimum absolute atomic E-state index is 0.00565. The Morgan fingerprint density at radius 2 is 1.68 bits per heavy atom. The zero-order valence-corrected chi connectivity index (χ0v) is 27.6. The topological polar surface area (TPSA) is 94.5 Å². The first kappa shape index (κ1) is 31.1. The van der Waals surface area contributed by atoms with Crippen LogP contribution in [0, 0.1) is 28.6 Å². The molecule has 0 amide bonds. The summed E-state index contributed by atoms with van der Waals surface area (Å²) < 4.78 is 26.2. The maximum atomic E-state index is 14.0. The molecule has 5 fully saturated rings. The van der Waals surface area contributed by atoms with Gasteiger partial charge in [-0.25, -0.2) is 0 Å². The highest BCUT2D eigenvalue weighted by molar-refractivity contribution is 6.62. The SMILES string of the molecule is CC(C)(O)CC[C@H]1OB(c2ccccc2)O[C@]1(C)[C@H]1CC[C@@]2(O)C3=CC(=O)[C@@H]4C[C@H]5OC(C)(C)O[C@H]5C[C@]4(C)[C@H]3CC[C@]12C. The zero-order chi connectivity index (χ0) is 31.5. The molecule has 0 spiro atoms. The lowest BCUT2D eigenvalue weighted by Crippen LogP contribution is -2.62. The summed E-state index contributed by atoms with van der Waals surface area (Å²) in [4.78, 5) is 14.0. The highest BCUT2D eigenvalue weighted by Gasteiger charge is 2.71. The van der Waals surface area contributed by atoms with E-state index in [4.69, 9.17) is 18.8 Å². The normalized spacial score (nSPS) is 46.2. The molecule has 7 nitrogen and oxygen atoms in total. The van der Waals surface area contributed by atoms with Crippen LogP contribution in [0.15, 0.2) is 42.0 Å². The average Bonchev–Trinajstić information content (AvgIpc) is 3.53. The van der Waals surface area contributed by atoms with Gasteiger partial charge in [0.1, 0.15) is 0 Å². The van der Waals surface area contributed by atoms with E-state index in [9.17, 15) is 15.0 Å². The van der Waals surface area contributed by atoms with Crippen molar-refractivity contribution in [2.75, 3.05) is 0 Å². The molecule has 240 valence electrons. The van der Waals surface area contributed by atoms with Crippen LogP contribution in [0.3, 0.4) is 0 Å². The van der Waals surface area contributed by atoms with Gasteiger partial charge < -0.3 is 29.0 Å². The van der Waals surface area contributed by atoms with Crippen LogP contribution in [0.5, 0.6) is 0 Å². The van der Waals surface area contributed by atoms with E-state index in [0.717, 1.165) is 36.7 Å². The van der Waals surface area contributed by atoms with Crippen molar-refractivity contribution in [2.24, 2.45) is 28.6 Å². The molecule has 0 radical (unpaired) electrons. The van der Waals surface area contributed by atoms with Crippen LogP contribution in [-0.2, 0) is 23.6 Å². The van der Waals surface area contributed by atoms with Crippen LogP contribution in [-0.4, -0.2) is 64.0 Å². The Kier molecular flexibility index (Phi) is 7.05. The second-order valence-electron chi connectivity index (χ2n) is 16.7. The number of aliphatic hydroxyl groups is 2. The van der Waals surface area contributed by atoms with Gasteiger partial charge in [0.05, 0.1) is 35.1 Å². The van der Waals surface area contributed by atoms with Gasteiger partial charge in [-0.05, 0) is 120 Å². The lowest BCUT2D eigenvalue weighted by Gasteiger charge is -2.60. The molecule has 10 atom stereocenters. The number of benzene rings is 1. The zero-order valence-electron chi connectivity index (χ0n) is 27.6. The third-order valence-corrected chi connectivity index (χ3v) is 13.0. The number of hydrogen-bond donors (Lipinski definition) is 2. The van der Waals surface area contributed by atoms with Crippen molar-refractivity contribution in [1.82, 2.24) is 0 Å². The summed E-state index contributed by atoms with van der Waals surface area (Å²) >= 11 is 0. The third kappa shape index (κ3) is 4.56. The number of ether oxygens (including phenoxy) is 2. The largest absolute Gasteiger partial charge is 0.494 e. The van der Waals surface area contributed by atoms with Gasteiger partial charge in [0.25, 0.3) is 0 Å². The summed E-state index contributed by atoms with van der Waals surface area (Å²) in [5, 5.41) is 23.6. The number of rotatable bonds is 5. The number of fused-ring (bicyclic) bond motifs is 6. The van der Waals surface area contributed by atoms with E-state index in [1.807, 2.05) is 64.1 Å². The summed E-state index contributed by atoms with van der Waals surface area (Å²) in [5.41, 5.74) is -1.48. The molecule has 2 N–H and O–H groups in total. The summed E-state index contributed by atoms with van der Waals surface area (Å²) in [6, 6.07) is 10.1. The standard InChI is InChI=1S/C36H51BO7/c1-31(2,39)16-15-30-35(7,44-37(43-30)22-11-9-8-10-12-22)29-14-18-36(40)24-19-26(38)25-20-27-28(42-32(3,4)41-27)21-33(25,5)23(24)13-17-34(29,36)6/h8-12,19,23,25,27-30,39-40H,13-18,20-21H2,1-7H3/t23-,25-,27+,28-,29-,30+,33+,34+,35+,36+/m0/s1. The van der Waals surface area contributed by atoms with Crippen molar-refractivity contribution < 1.29 is 33.8 Å². The first-order chi connectivity index (χ1) is 20.5. The first-order valence-corrected chi connectivity index (χ1v) is 16.9. The molecular formula is C36H51BO7. The van der Waals surface area contributed by atoms with Crippen LogP contribution in [0.2, 0.25) is 0 Å². The molecule has 1 aromatic carbocycles. The van der Waals surface area contributed by atoms with Crippen LogP contribution < -0.4 is 5.46 Å². The molecule has 2 aliphatic heterocycles. The molecule has 0 unspecified atom stereocenters. The van der Waals surface area contributed by atoms with Gasteiger partial charge in [0, 0.05) is 11.3 Å². The lowest BCUT2D eigenvalue weighted by molar-refractivity contribution is -0.153. The second kappa shape index (κ2) is 9.98.